The number of hydrogen-bond donors (Lipinski definition) is 5. The van der Waals surface area contributed by atoms with Gasteiger partial charge in [0, 0.05) is 48.9 Å². The summed E-state index contributed by atoms with van der Waals surface area (Å²) >= 11 is 0. The summed E-state index contributed by atoms with van der Waals surface area (Å²) in [6.07, 6.45) is 3.74. The van der Waals surface area contributed by atoms with E-state index in [0.717, 1.165) is 22.0 Å². The SMILES string of the molecule is COC(=O)[C@H](Cc1c[nH]c2ccccc12)NC(=O)CCn1cc(CNC(=O)C(CCOCc2ccccc2)CC(=O)NO)nn1. The van der Waals surface area contributed by atoms with Gasteiger partial charge >= 0.3 is 5.97 Å². The average molecular weight is 620 g/mol. The molecule has 0 saturated heterocycles. The van der Waals surface area contributed by atoms with E-state index in [1.54, 1.807) is 11.7 Å². The lowest BCUT2D eigenvalue weighted by molar-refractivity contribution is -0.145. The van der Waals surface area contributed by atoms with Crippen molar-refractivity contribution in [2.24, 2.45) is 5.92 Å². The molecule has 45 heavy (non-hydrogen) atoms. The van der Waals surface area contributed by atoms with Crippen LogP contribution in [0.5, 0.6) is 0 Å². The van der Waals surface area contributed by atoms with Crippen molar-refractivity contribution in [1.29, 1.82) is 0 Å². The van der Waals surface area contributed by atoms with Crippen LogP contribution in [0, 0.1) is 5.92 Å². The van der Waals surface area contributed by atoms with Crippen LogP contribution in [0.4, 0.5) is 0 Å². The van der Waals surface area contributed by atoms with Crippen LogP contribution in [-0.4, -0.2) is 68.6 Å². The van der Waals surface area contributed by atoms with Crippen molar-refractivity contribution in [3.8, 4) is 0 Å². The number of benzene rings is 2. The number of para-hydroxylation sites is 1. The third-order valence-corrected chi connectivity index (χ3v) is 7.17. The fourth-order valence-corrected chi connectivity index (χ4v) is 4.77. The summed E-state index contributed by atoms with van der Waals surface area (Å²) in [4.78, 5) is 52.9. The molecule has 238 valence electrons. The normalized spacial score (nSPS) is 12.3. The van der Waals surface area contributed by atoms with Crippen LogP contribution >= 0.6 is 0 Å². The molecule has 2 aromatic heterocycles. The van der Waals surface area contributed by atoms with Crippen LogP contribution < -0.4 is 16.1 Å². The Morgan fingerprint density at radius 3 is 2.60 bits per heavy atom. The number of nitrogens with one attached hydrogen (secondary N) is 4. The van der Waals surface area contributed by atoms with Crippen LogP contribution in [0.2, 0.25) is 0 Å². The number of esters is 1. The predicted molar refractivity (Wildman–Crippen MR) is 161 cm³/mol. The first-order valence-electron chi connectivity index (χ1n) is 14.5. The van der Waals surface area contributed by atoms with E-state index in [2.05, 4.69) is 25.9 Å². The van der Waals surface area contributed by atoms with Crippen LogP contribution in [0.1, 0.15) is 36.1 Å². The zero-order valence-corrected chi connectivity index (χ0v) is 24.9. The summed E-state index contributed by atoms with van der Waals surface area (Å²) in [5.74, 6) is -2.74. The minimum Gasteiger partial charge on any atom is -0.467 e. The molecule has 4 rings (SSSR count). The number of hydrogen-bond acceptors (Lipinski definition) is 9. The van der Waals surface area contributed by atoms with E-state index in [1.165, 1.54) is 11.8 Å². The maximum atomic E-state index is 12.8. The maximum absolute atomic E-state index is 12.8. The second kappa shape index (κ2) is 16.7. The number of carbonyl (C=O) groups excluding carboxylic acids is 4. The topological polar surface area (TPSA) is 190 Å². The van der Waals surface area contributed by atoms with E-state index in [1.807, 2.05) is 60.8 Å². The summed E-state index contributed by atoms with van der Waals surface area (Å²) < 4.78 is 12.0. The molecule has 0 aliphatic heterocycles. The molecule has 0 spiro atoms. The number of carbonyl (C=O) groups is 4. The molecule has 0 fully saturated rings. The van der Waals surface area contributed by atoms with Gasteiger partial charge in [-0.1, -0.05) is 53.7 Å². The highest BCUT2D eigenvalue weighted by molar-refractivity contribution is 5.87. The van der Waals surface area contributed by atoms with Gasteiger partial charge in [0.1, 0.15) is 11.7 Å². The minimum atomic E-state index is -0.868. The van der Waals surface area contributed by atoms with Gasteiger partial charge in [0.25, 0.3) is 0 Å². The zero-order valence-electron chi connectivity index (χ0n) is 24.9. The summed E-state index contributed by atoms with van der Waals surface area (Å²) in [5, 5.41) is 23.4. The number of amides is 3. The van der Waals surface area contributed by atoms with E-state index >= 15 is 0 Å². The Morgan fingerprint density at radius 1 is 1.04 bits per heavy atom. The highest BCUT2D eigenvalue weighted by atomic mass is 16.5. The Labute approximate surface area is 259 Å². The van der Waals surface area contributed by atoms with Crippen molar-refractivity contribution in [1.82, 2.24) is 36.1 Å². The van der Waals surface area contributed by atoms with Crippen LogP contribution in [0.25, 0.3) is 10.9 Å². The quantitative estimate of drug-likeness (QED) is 0.0508. The molecule has 2 aromatic carbocycles. The molecule has 0 saturated carbocycles. The number of H-pyrrole nitrogens is 1. The zero-order chi connectivity index (χ0) is 32.0. The molecule has 0 radical (unpaired) electrons. The number of nitrogens with zero attached hydrogens (tertiary/aromatic N) is 3. The largest absolute Gasteiger partial charge is 0.467 e. The van der Waals surface area contributed by atoms with Crippen molar-refractivity contribution in [3.05, 3.63) is 83.8 Å². The predicted octanol–water partition coefficient (Wildman–Crippen LogP) is 1.78. The van der Waals surface area contributed by atoms with Gasteiger partial charge in [-0.05, 0) is 23.6 Å². The number of rotatable bonds is 17. The highest BCUT2D eigenvalue weighted by Gasteiger charge is 2.24. The van der Waals surface area contributed by atoms with Gasteiger partial charge in [-0.25, -0.2) is 10.3 Å². The van der Waals surface area contributed by atoms with Gasteiger partial charge in [-0.15, -0.1) is 5.10 Å². The third-order valence-electron chi connectivity index (χ3n) is 7.17. The van der Waals surface area contributed by atoms with Crippen LogP contribution in [0.15, 0.2) is 67.0 Å². The average Bonchev–Trinajstić information content (AvgIpc) is 3.70. The number of aromatic amines is 1. The van der Waals surface area contributed by atoms with Gasteiger partial charge in [0.2, 0.25) is 17.7 Å². The van der Waals surface area contributed by atoms with Crippen LogP contribution in [0.3, 0.4) is 0 Å². The molecule has 1 unspecified atom stereocenters. The van der Waals surface area contributed by atoms with Crippen molar-refractivity contribution < 1.29 is 33.9 Å². The molecule has 2 atom stereocenters. The molecule has 0 bridgehead atoms. The molecule has 14 nitrogen and oxygen atoms in total. The number of fused-ring (bicyclic) bond motifs is 1. The van der Waals surface area contributed by atoms with Gasteiger partial charge in [0.05, 0.1) is 33.0 Å². The number of methoxy groups -OCH3 is 1. The fraction of sp³-hybridized carbons (Fsp3) is 0.355. The number of ether oxygens (including phenoxy) is 2. The Bertz CT molecular complexity index is 1570. The molecular weight excluding hydrogens is 582 g/mol. The summed E-state index contributed by atoms with van der Waals surface area (Å²) in [5.41, 5.74) is 4.80. The molecule has 3 amide bonds. The Balaban J connectivity index is 1.24. The second-order valence-electron chi connectivity index (χ2n) is 10.4. The van der Waals surface area contributed by atoms with E-state index in [9.17, 15) is 19.2 Å². The standard InChI is InChI=1S/C31H37N7O7/c1-44-31(42)27(15-23-17-32-26-10-6-5-9-25(23)26)34-28(39)11-13-38-19-24(35-37-38)18-33-30(41)22(16-29(40)36-43)12-14-45-20-21-7-3-2-4-8-21/h2-10,17,19,22,27,32,43H,11-16,18,20H2,1H3,(H,33,41)(H,34,39)(H,36,40)/t22?,27-/m0/s1. The summed E-state index contributed by atoms with van der Waals surface area (Å²) in [6, 6.07) is 16.4. The Hall–Kier alpha value is -5.08. The second-order valence-corrected chi connectivity index (χ2v) is 10.4. The maximum Gasteiger partial charge on any atom is 0.328 e. The van der Waals surface area contributed by atoms with E-state index in [4.69, 9.17) is 14.7 Å². The fourth-order valence-electron chi connectivity index (χ4n) is 4.77. The first kappa shape index (κ1) is 32.8. The first-order chi connectivity index (χ1) is 21.9. The Morgan fingerprint density at radius 2 is 1.82 bits per heavy atom. The smallest absolute Gasteiger partial charge is 0.328 e. The molecule has 14 heteroatoms. The highest BCUT2D eigenvalue weighted by Crippen LogP contribution is 2.19. The lowest BCUT2D eigenvalue weighted by atomic mass is 10.0. The number of hydroxylamine groups is 1. The first-order valence-corrected chi connectivity index (χ1v) is 14.5. The van der Waals surface area contributed by atoms with Crippen LogP contribution in [-0.2, 0) is 54.8 Å². The van der Waals surface area contributed by atoms with Gasteiger partial charge < -0.3 is 25.1 Å². The Kier molecular flexibility index (Phi) is 12.2. The van der Waals surface area contributed by atoms with Gasteiger partial charge in [0.15, 0.2) is 0 Å². The van der Waals surface area contributed by atoms with E-state index in [0.29, 0.717) is 12.3 Å². The number of aromatic nitrogens is 4. The molecule has 0 aliphatic rings. The lowest BCUT2D eigenvalue weighted by Gasteiger charge is -2.16. The molecule has 5 N–H and O–H groups in total. The van der Waals surface area contributed by atoms with Crippen molar-refractivity contribution in [2.75, 3.05) is 13.7 Å². The third kappa shape index (κ3) is 9.98. The molecular formula is C31H37N7O7. The lowest BCUT2D eigenvalue weighted by Crippen LogP contribution is -2.43. The minimum absolute atomic E-state index is 0.0257. The van der Waals surface area contributed by atoms with Gasteiger partial charge in [-0.2, -0.15) is 0 Å². The monoisotopic (exact) mass is 619 g/mol. The summed E-state index contributed by atoms with van der Waals surface area (Å²) in [7, 11) is 1.27. The van der Waals surface area contributed by atoms with Gasteiger partial charge in [-0.3, -0.25) is 24.3 Å². The van der Waals surface area contributed by atoms with E-state index in [-0.39, 0.29) is 51.3 Å². The van der Waals surface area contributed by atoms with Crippen molar-refractivity contribution in [2.45, 2.75) is 51.4 Å². The molecule has 4 aromatic rings. The molecule has 0 aliphatic carbocycles. The number of aryl methyl sites for hydroxylation is 1. The van der Waals surface area contributed by atoms with E-state index < -0.39 is 29.7 Å². The van der Waals surface area contributed by atoms with Crippen molar-refractivity contribution in [3.63, 3.8) is 0 Å². The van der Waals surface area contributed by atoms with Crippen molar-refractivity contribution >= 4 is 34.6 Å². The molecule has 2 heterocycles. The summed E-state index contributed by atoms with van der Waals surface area (Å²) in [6.45, 7) is 0.840.